The number of hydrogen-bond donors (Lipinski definition) is 3. The van der Waals surface area contributed by atoms with Gasteiger partial charge in [0.1, 0.15) is 11.6 Å². The zero-order valence-corrected chi connectivity index (χ0v) is 18.9. The van der Waals surface area contributed by atoms with Crippen molar-refractivity contribution in [1.29, 1.82) is 0 Å². The minimum absolute atomic E-state index is 0.0769. The van der Waals surface area contributed by atoms with E-state index in [1.165, 1.54) is 0 Å². The maximum absolute atomic E-state index is 12.2. The second kappa shape index (κ2) is 10.4. The Labute approximate surface area is 196 Å². The van der Waals surface area contributed by atoms with Gasteiger partial charge in [-0.2, -0.15) is 0 Å². The Morgan fingerprint density at radius 3 is 2.59 bits per heavy atom. The molecule has 0 saturated heterocycles. The summed E-state index contributed by atoms with van der Waals surface area (Å²) < 4.78 is 7.06. The Balaban J connectivity index is 1.57. The summed E-state index contributed by atoms with van der Waals surface area (Å²) in [6.45, 7) is 2.67. The van der Waals surface area contributed by atoms with Crippen LogP contribution in [0.3, 0.4) is 0 Å². The largest absolute Gasteiger partial charge is 0.441 e. The molecule has 0 spiro atoms. The highest BCUT2D eigenvalue weighted by atomic mass is 16.5. The predicted molar refractivity (Wildman–Crippen MR) is 128 cm³/mol. The summed E-state index contributed by atoms with van der Waals surface area (Å²) in [5, 5.41) is 9.95. The molecule has 0 bridgehead atoms. The van der Waals surface area contributed by atoms with E-state index in [1.54, 1.807) is 35.6 Å². The molecule has 4 rings (SSSR count). The fourth-order valence-corrected chi connectivity index (χ4v) is 3.51. The number of ether oxygens (including phenoxy) is 1. The van der Waals surface area contributed by atoms with Crippen LogP contribution in [0.5, 0.6) is 0 Å². The van der Waals surface area contributed by atoms with Crippen LogP contribution in [0.2, 0.25) is 0 Å². The van der Waals surface area contributed by atoms with Crippen LogP contribution in [0, 0.1) is 0 Å². The fourth-order valence-electron chi connectivity index (χ4n) is 3.51. The molecule has 3 heterocycles. The van der Waals surface area contributed by atoms with Crippen LogP contribution < -0.4 is 16.0 Å². The molecule has 0 unspecified atom stereocenters. The fraction of sp³-hybridized carbons (Fsp3) is 0.208. The summed E-state index contributed by atoms with van der Waals surface area (Å²) in [6.07, 6.45) is 8.03. The molecule has 0 aliphatic rings. The van der Waals surface area contributed by atoms with Crippen LogP contribution in [0.4, 0.5) is 15.4 Å². The normalized spacial score (nSPS) is 10.6. The van der Waals surface area contributed by atoms with Gasteiger partial charge >= 0.3 is 12.1 Å². The molecule has 1 aromatic carbocycles. The summed E-state index contributed by atoms with van der Waals surface area (Å²) in [5.41, 5.74) is 2.79. The smallest absolute Gasteiger partial charge is 0.407 e. The van der Waals surface area contributed by atoms with Crippen molar-refractivity contribution in [2.75, 3.05) is 11.9 Å². The van der Waals surface area contributed by atoms with Crippen molar-refractivity contribution in [1.82, 2.24) is 30.2 Å². The Morgan fingerprint density at radius 2 is 1.85 bits per heavy atom. The summed E-state index contributed by atoms with van der Waals surface area (Å²) in [6, 6.07) is 9.24. The van der Waals surface area contributed by atoms with Crippen molar-refractivity contribution in [3.05, 3.63) is 72.7 Å². The predicted octanol–water partition coefficient (Wildman–Crippen LogP) is 3.60. The molecule has 0 fully saturated rings. The molecule has 0 aliphatic carbocycles. The lowest BCUT2D eigenvalue weighted by Crippen LogP contribution is -2.28. The molecule has 0 atom stereocenters. The zero-order chi connectivity index (χ0) is 23.9. The molecule has 3 aromatic heterocycles. The summed E-state index contributed by atoms with van der Waals surface area (Å²) in [4.78, 5) is 36.8. The molecule has 34 heavy (non-hydrogen) atoms. The average molecular weight is 460 g/mol. The average Bonchev–Trinajstić information content (AvgIpc) is 3.26. The first-order valence-electron chi connectivity index (χ1n) is 10.8. The molecular weight excluding hydrogens is 434 g/mol. The maximum Gasteiger partial charge on any atom is 0.407 e. The summed E-state index contributed by atoms with van der Waals surface area (Å²) in [7, 11) is 1.84. The monoisotopic (exact) mass is 459 g/mol. The van der Waals surface area contributed by atoms with Gasteiger partial charge in [0, 0.05) is 56.5 Å². The first kappa shape index (κ1) is 22.7. The second-order valence-corrected chi connectivity index (χ2v) is 7.49. The summed E-state index contributed by atoms with van der Waals surface area (Å²) in [5.74, 6) is 1.08. The van der Waals surface area contributed by atoms with E-state index in [4.69, 9.17) is 4.74 Å². The van der Waals surface area contributed by atoms with Gasteiger partial charge in [0.05, 0.1) is 0 Å². The van der Waals surface area contributed by atoms with Gasteiger partial charge in [-0.3, -0.25) is 10.3 Å². The molecule has 10 nitrogen and oxygen atoms in total. The number of aryl methyl sites for hydroxylation is 1. The highest BCUT2D eigenvalue weighted by Crippen LogP contribution is 2.31. The maximum atomic E-state index is 12.2. The molecule has 0 saturated carbocycles. The number of amides is 3. The van der Waals surface area contributed by atoms with Crippen LogP contribution in [-0.4, -0.2) is 38.2 Å². The lowest BCUT2D eigenvalue weighted by Gasteiger charge is -2.14. The SMILES string of the molecule is CCNC(=O)Nc1cc2c(-c3ccncc3)ccc(CNC(=O)OCc3nccn3C)c2cn1. The molecule has 3 N–H and O–H groups in total. The number of fused-ring (bicyclic) bond motifs is 1. The van der Waals surface area contributed by atoms with Crippen LogP contribution >= 0.6 is 0 Å². The van der Waals surface area contributed by atoms with Gasteiger partial charge in [0.25, 0.3) is 0 Å². The van der Waals surface area contributed by atoms with Gasteiger partial charge in [-0.25, -0.2) is 19.6 Å². The van der Waals surface area contributed by atoms with Crippen molar-refractivity contribution in [3.8, 4) is 11.1 Å². The molecule has 10 heteroatoms. The highest BCUT2D eigenvalue weighted by molar-refractivity contribution is 6.00. The first-order chi connectivity index (χ1) is 16.5. The number of alkyl carbamates (subject to hydrolysis) is 1. The van der Waals surface area contributed by atoms with E-state index in [9.17, 15) is 9.59 Å². The topological polar surface area (TPSA) is 123 Å². The quantitative estimate of drug-likeness (QED) is 0.388. The number of carbonyl (C=O) groups is 2. The van der Waals surface area contributed by atoms with Crippen LogP contribution in [0.1, 0.15) is 18.3 Å². The van der Waals surface area contributed by atoms with Gasteiger partial charge in [-0.05, 0) is 47.2 Å². The van der Waals surface area contributed by atoms with Gasteiger partial charge in [-0.15, -0.1) is 0 Å². The first-order valence-corrected chi connectivity index (χ1v) is 10.8. The van der Waals surface area contributed by atoms with E-state index < -0.39 is 6.09 Å². The van der Waals surface area contributed by atoms with E-state index in [-0.39, 0.29) is 19.2 Å². The van der Waals surface area contributed by atoms with E-state index in [2.05, 4.69) is 30.9 Å². The standard InChI is InChI=1S/C24H25N7O3/c1-3-26-23(32)30-21-12-19-18(16-6-8-25-9-7-16)5-4-17(20(19)14-28-21)13-29-24(33)34-15-22-27-10-11-31(22)2/h4-12,14H,3,13,15H2,1-2H3,(H,29,33)(H2,26,28,30,32). The Hall–Kier alpha value is -4.47. The van der Waals surface area contributed by atoms with E-state index in [1.807, 2.05) is 44.3 Å². The van der Waals surface area contributed by atoms with Crippen molar-refractivity contribution in [3.63, 3.8) is 0 Å². The van der Waals surface area contributed by atoms with Crippen molar-refractivity contribution < 1.29 is 14.3 Å². The number of benzene rings is 1. The molecular formula is C24H25N7O3. The number of imidazole rings is 1. The second-order valence-electron chi connectivity index (χ2n) is 7.49. The van der Waals surface area contributed by atoms with Gasteiger partial charge in [0.2, 0.25) is 0 Å². The Bertz CT molecular complexity index is 1300. The lowest BCUT2D eigenvalue weighted by molar-refractivity contribution is 0.135. The molecule has 4 aromatic rings. The highest BCUT2D eigenvalue weighted by Gasteiger charge is 2.13. The Kier molecular flexibility index (Phi) is 6.97. The summed E-state index contributed by atoms with van der Waals surface area (Å²) >= 11 is 0. The lowest BCUT2D eigenvalue weighted by atomic mass is 9.96. The minimum atomic E-state index is -0.545. The third-order valence-corrected chi connectivity index (χ3v) is 5.24. The third kappa shape index (κ3) is 5.29. The van der Waals surface area contributed by atoms with Gasteiger partial charge < -0.3 is 19.9 Å². The van der Waals surface area contributed by atoms with Crippen molar-refractivity contribution in [2.24, 2.45) is 7.05 Å². The Morgan fingerprint density at radius 1 is 1.03 bits per heavy atom. The van der Waals surface area contributed by atoms with Crippen molar-refractivity contribution >= 4 is 28.7 Å². The van der Waals surface area contributed by atoms with E-state index in [0.717, 1.165) is 27.5 Å². The van der Waals surface area contributed by atoms with Crippen LogP contribution in [-0.2, 0) is 24.9 Å². The zero-order valence-electron chi connectivity index (χ0n) is 18.9. The minimum Gasteiger partial charge on any atom is -0.441 e. The number of hydrogen-bond acceptors (Lipinski definition) is 6. The number of anilines is 1. The van der Waals surface area contributed by atoms with Crippen molar-refractivity contribution in [2.45, 2.75) is 20.1 Å². The molecule has 0 aliphatic heterocycles. The number of nitrogens with zero attached hydrogens (tertiary/aromatic N) is 4. The number of urea groups is 1. The number of carbonyl (C=O) groups excluding carboxylic acids is 2. The third-order valence-electron chi connectivity index (χ3n) is 5.24. The number of rotatable bonds is 7. The molecule has 174 valence electrons. The number of aromatic nitrogens is 4. The van der Waals surface area contributed by atoms with E-state index in [0.29, 0.717) is 18.2 Å². The van der Waals surface area contributed by atoms with Crippen LogP contribution in [0.15, 0.2) is 61.3 Å². The van der Waals surface area contributed by atoms with E-state index >= 15 is 0 Å². The molecule has 3 amide bonds. The van der Waals surface area contributed by atoms with Crippen LogP contribution in [0.25, 0.3) is 21.9 Å². The van der Waals surface area contributed by atoms with Gasteiger partial charge in [-0.1, -0.05) is 12.1 Å². The van der Waals surface area contributed by atoms with Gasteiger partial charge in [0.15, 0.2) is 6.61 Å². The molecule has 0 radical (unpaired) electrons. The number of pyridine rings is 2. The number of nitrogens with one attached hydrogen (secondary N) is 3.